The molecule has 0 bridgehead atoms. The first-order valence-electron chi connectivity index (χ1n) is 6.94. The highest BCUT2D eigenvalue weighted by Gasteiger charge is 2.21. The van der Waals surface area contributed by atoms with E-state index in [1.807, 2.05) is 42.5 Å². The van der Waals surface area contributed by atoms with Crippen molar-refractivity contribution in [3.8, 4) is 11.3 Å². The van der Waals surface area contributed by atoms with Gasteiger partial charge in [-0.05, 0) is 30.7 Å². The first kappa shape index (κ1) is 14.7. The molecule has 0 fully saturated rings. The fourth-order valence-corrected chi connectivity index (χ4v) is 3.38. The van der Waals surface area contributed by atoms with Crippen LogP contribution >= 0.6 is 0 Å². The number of hydrogen-bond donors (Lipinski definition) is 1. The largest absolute Gasteiger partial charge is 0.343 e. The van der Waals surface area contributed by atoms with E-state index >= 15 is 0 Å². The molecule has 1 N–H and O–H groups in total. The molecule has 22 heavy (non-hydrogen) atoms. The van der Waals surface area contributed by atoms with Crippen molar-refractivity contribution in [2.75, 3.05) is 0 Å². The minimum absolute atomic E-state index is 0.177. The first-order valence-corrected chi connectivity index (χ1v) is 8.42. The van der Waals surface area contributed by atoms with Gasteiger partial charge in [-0.25, -0.2) is 13.1 Å². The minimum Gasteiger partial charge on any atom is -0.343 e. The van der Waals surface area contributed by atoms with Gasteiger partial charge in [-0.15, -0.1) is 0 Å². The molecule has 5 nitrogen and oxygen atoms in total. The normalized spacial score (nSPS) is 12.1. The fourth-order valence-electron chi connectivity index (χ4n) is 2.24. The molecule has 2 aromatic carbocycles. The second-order valence-electron chi connectivity index (χ2n) is 5.37. The van der Waals surface area contributed by atoms with Gasteiger partial charge in [0.25, 0.3) is 15.1 Å². The van der Waals surface area contributed by atoms with E-state index in [1.165, 1.54) is 6.07 Å². The van der Waals surface area contributed by atoms with Crippen LogP contribution in [0.4, 0.5) is 0 Å². The van der Waals surface area contributed by atoms with Crippen LogP contribution < -0.4 is 4.72 Å². The van der Waals surface area contributed by atoms with Crippen LogP contribution in [-0.4, -0.2) is 19.6 Å². The molecule has 0 aliphatic heterocycles. The lowest BCUT2D eigenvalue weighted by Gasteiger charge is -2.05. The lowest BCUT2D eigenvalue weighted by molar-refractivity contribution is 0.338. The van der Waals surface area contributed by atoms with Crippen molar-refractivity contribution < 1.29 is 12.9 Å². The molecule has 3 rings (SSSR count). The molecule has 114 valence electrons. The molecule has 0 aliphatic carbocycles. The highest BCUT2D eigenvalue weighted by atomic mass is 32.2. The second kappa shape index (κ2) is 5.55. The summed E-state index contributed by atoms with van der Waals surface area (Å²) in [6.07, 6.45) is 0. The maximum Gasteiger partial charge on any atom is 0.277 e. The summed E-state index contributed by atoms with van der Waals surface area (Å²) in [5.74, 6) is 0. The SMILES string of the molecule is CC(C)NS(=O)(=O)c1cc(-c2ccc3ccccc3c2)no1. The van der Waals surface area contributed by atoms with E-state index in [9.17, 15) is 8.42 Å². The molecule has 0 atom stereocenters. The summed E-state index contributed by atoms with van der Waals surface area (Å²) < 4.78 is 31.6. The molecule has 0 saturated carbocycles. The number of nitrogens with one attached hydrogen (secondary N) is 1. The number of aromatic nitrogens is 1. The van der Waals surface area contributed by atoms with Crippen LogP contribution in [0.25, 0.3) is 22.0 Å². The lowest BCUT2D eigenvalue weighted by Crippen LogP contribution is -2.29. The molecule has 0 unspecified atom stereocenters. The van der Waals surface area contributed by atoms with E-state index < -0.39 is 10.0 Å². The smallest absolute Gasteiger partial charge is 0.277 e. The quantitative estimate of drug-likeness (QED) is 0.802. The number of hydrogen-bond acceptors (Lipinski definition) is 4. The molecular weight excluding hydrogens is 300 g/mol. The molecule has 0 radical (unpaired) electrons. The van der Waals surface area contributed by atoms with Crippen molar-refractivity contribution in [2.45, 2.75) is 25.0 Å². The zero-order chi connectivity index (χ0) is 15.7. The van der Waals surface area contributed by atoms with E-state index in [0.29, 0.717) is 5.69 Å². The van der Waals surface area contributed by atoms with Gasteiger partial charge >= 0.3 is 0 Å². The fraction of sp³-hybridized carbons (Fsp3) is 0.188. The Balaban J connectivity index is 1.99. The highest BCUT2D eigenvalue weighted by molar-refractivity contribution is 7.89. The Kier molecular flexibility index (Phi) is 3.72. The third-order valence-electron chi connectivity index (χ3n) is 3.19. The van der Waals surface area contributed by atoms with E-state index in [1.54, 1.807) is 13.8 Å². The topological polar surface area (TPSA) is 72.2 Å². The summed E-state index contributed by atoms with van der Waals surface area (Å²) in [4.78, 5) is 0. The Morgan fingerprint density at radius 1 is 1.05 bits per heavy atom. The lowest BCUT2D eigenvalue weighted by atomic mass is 10.1. The Labute approximate surface area is 129 Å². The maximum absolute atomic E-state index is 12.1. The van der Waals surface area contributed by atoms with Gasteiger partial charge in [-0.3, -0.25) is 0 Å². The molecule has 0 amide bonds. The standard InChI is InChI=1S/C16H16N2O3S/c1-11(2)18-22(19,20)16-10-15(17-21-16)14-8-7-12-5-3-4-6-13(12)9-14/h3-11,18H,1-2H3. The Morgan fingerprint density at radius 3 is 2.50 bits per heavy atom. The van der Waals surface area contributed by atoms with Crippen LogP contribution in [0.1, 0.15) is 13.8 Å². The van der Waals surface area contributed by atoms with Crippen molar-refractivity contribution in [3.05, 3.63) is 48.5 Å². The third kappa shape index (κ3) is 2.88. The molecule has 1 heterocycles. The van der Waals surface area contributed by atoms with Crippen LogP contribution in [0.2, 0.25) is 0 Å². The summed E-state index contributed by atoms with van der Waals surface area (Å²) in [5.41, 5.74) is 1.31. The van der Waals surface area contributed by atoms with E-state index in [-0.39, 0.29) is 11.1 Å². The molecule has 3 aromatic rings. The molecule has 1 aromatic heterocycles. The van der Waals surface area contributed by atoms with Crippen LogP contribution in [0, 0.1) is 0 Å². The molecular formula is C16H16N2O3S. The Hall–Kier alpha value is -2.18. The predicted octanol–water partition coefficient (Wildman–Crippen LogP) is 3.18. The average Bonchev–Trinajstić information content (AvgIpc) is 2.96. The first-order chi connectivity index (χ1) is 10.5. The Morgan fingerprint density at radius 2 is 1.77 bits per heavy atom. The minimum atomic E-state index is -3.67. The summed E-state index contributed by atoms with van der Waals surface area (Å²) >= 11 is 0. The van der Waals surface area contributed by atoms with Crippen molar-refractivity contribution >= 4 is 20.8 Å². The van der Waals surface area contributed by atoms with Crippen molar-refractivity contribution in [1.29, 1.82) is 0 Å². The predicted molar refractivity (Wildman–Crippen MR) is 84.9 cm³/mol. The molecule has 0 aliphatic rings. The number of nitrogens with zero attached hydrogens (tertiary/aromatic N) is 1. The monoisotopic (exact) mass is 316 g/mol. The van der Waals surface area contributed by atoms with Crippen molar-refractivity contribution in [3.63, 3.8) is 0 Å². The molecule has 6 heteroatoms. The summed E-state index contributed by atoms with van der Waals surface area (Å²) in [7, 11) is -3.67. The highest BCUT2D eigenvalue weighted by Crippen LogP contribution is 2.25. The van der Waals surface area contributed by atoms with E-state index in [4.69, 9.17) is 4.52 Å². The van der Waals surface area contributed by atoms with Crippen molar-refractivity contribution in [2.24, 2.45) is 0 Å². The zero-order valence-electron chi connectivity index (χ0n) is 12.3. The van der Waals surface area contributed by atoms with Crippen LogP contribution in [-0.2, 0) is 10.0 Å². The second-order valence-corrected chi connectivity index (χ2v) is 7.01. The van der Waals surface area contributed by atoms with Gasteiger partial charge in [0, 0.05) is 17.7 Å². The van der Waals surface area contributed by atoms with E-state index in [2.05, 4.69) is 9.88 Å². The van der Waals surface area contributed by atoms with Gasteiger partial charge < -0.3 is 4.52 Å². The van der Waals surface area contributed by atoms with Crippen LogP contribution in [0.5, 0.6) is 0 Å². The molecule has 0 spiro atoms. The number of fused-ring (bicyclic) bond motifs is 1. The van der Waals surface area contributed by atoms with Crippen LogP contribution in [0.3, 0.4) is 0 Å². The average molecular weight is 316 g/mol. The summed E-state index contributed by atoms with van der Waals surface area (Å²) in [6.45, 7) is 3.50. The van der Waals surface area contributed by atoms with Gasteiger partial charge in [-0.1, -0.05) is 41.6 Å². The maximum atomic E-state index is 12.1. The van der Waals surface area contributed by atoms with Gasteiger partial charge in [-0.2, -0.15) is 0 Å². The molecule has 0 saturated heterocycles. The van der Waals surface area contributed by atoms with Crippen LogP contribution in [0.15, 0.2) is 58.1 Å². The van der Waals surface area contributed by atoms with Gasteiger partial charge in [0.05, 0.1) is 0 Å². The van der Waals surface area contributed by atoms with Gasteiger partial charge in [0.2, 0.25) is 0 Å². The van der Waals surface area contributed by atoms with Gasteiger partial charge in [0.1, 0.15) is 5.69 Å². The number of sulfonamides is 1. The Bertz CT molecular complexity index is 914. The van der Waals surface area contributed by atoms with Crippen molar-refractivity contribution in [1.82, 2.24) is 9.88 Å². The zero-order valence-corrected chi connectivity index (χ0v) is 13.1. The van der Waals surface area contributed by atoms with Gasteiger partial charge in [0.15, 0.2) is 0 Å². The number of benzene rings is 2. The summed E-state index contributed by atoms with van der Waals surface area (Å²) in [6, 6.07) is 15.0. The summed E-state index contributed by atoms with van der Waals surface area (Å²) in [5, 5.41) is 5.87. The number of rotatable bonds is 4. The third-order valence-corrected chi connectivity index (χ3v) is 4.69. The van der Waals surface area contributed by atoms with E-state index in [0.717, 1.165) is 16.3 Å².